The number of anilines is 1. The third-order valence-corrected chi connectivity index (χ3v) is 3.50. The van der Waals surface area contributed by atoms with Crippen LogP contribution in [0.25, 0.3) is 10.9 Å². The van der Waals surface area contributed by atoms with Gasteiger partial charge in [-0.3, -0.25) is 4.79 Å². The lowest BCUT2D eigenvalue weighted by molar-refractivity contribution is 0.102. The summed E-state index contributed by atoms with van der Waals surface area (Å²) in [5.74, 6) is -0.109. The van der Waals surface area contributed by atoms with Crippen molar-refractivity contribution in [3.05, 3.63) is 65.4 Å². The SMILES string of the molecule is Cc1ccc(NC(=O)c2[nH]c3ccccc3c2C)cc1. The fraction of sp³-hybridized carbons (Fsp3) is 0.118. The highest BCUT2D eigenvalue weighted by molar-refractivity contribution is 6.07. The van der Waals surface area contributed by atoms with Crippen molar-refractivity contribution in [2.24, 2.45) is 0 Å². The quantitative estimate of drug-likeness (QED) is 0.721. The van der Waals surface area contributed by atoms with Crippen molar-refractivity contribution in [1.29, 1.82) is 0 Å². The molecule has 1 aromatic heterocycles. The summed E-state index contributed by atoms with van der Waals surface area (Å²) in [7, 11) is 0. The van der Waals surface area contributed by atoms with Crippen LogP contribution in [-0.4, -0.2) is 10.9 Å². The number of benzene rings is 2. The van der Waals surface area contributed by atoms with E-state index in [1.807, 2.05) is 62.4 Å². The third kappa shape index (κ3) is 2.18. The fourth-order valence-corrected chi connectivity index (χ4v) is 2.34. The summed E-state index contributed by atoms with van der Waals surface area (Å²) in [6.45, 7) is 3.98. The Balaban J connectivity index is 1.92. The first-order valence-electron chi connectivity index (χ1n) is 6.60. The molecule has 100 valence electrons. The maximum absolute atomic E-state index is 12.3. The summed E-state index contributed by atoms with van der Waals surface area (Å²) in [4.78, 5) is 15.5. The van der Waals surface area contributed by atoms with Crippen LogP contribution in [0.4, 0.5) is 5.69 Å². The van der Waals surface area contributed by atoms with E-state index in [2.05, 4.69) is 10.3 Å². The number of carbonyl (C=O) groups excluding carboxylic acids is 1. The lowest BCUT2D eigenvalue weighted by atomic mass is 10.1. The van der Waals surface area contributed by atoms with E-state index in [0.29, 0.717) is 5.69 Å². The first-order chi connectivity index (χ1) is 9.65. The maximum Gasteiger partial charge on any atom is 0.272 e. The highest BCUT2D eigenvalue weighted by Crippen LogP contribution is 2.22. The molecular weight excluding hydrogens is 248 g/mol. The largest absolute Gasteiger partial charge is 0.350 e. The van der Waals surface area contributed by atoms with Gasteiger partial charge in [-0.25, -0.2) is 0 Å². The molecule has 0 aliphatic rings. The van der Waals surface area contributed by atoms with E-state index >= 15 is 0 Å². The standard InChI is InChI=1S/C17H16N2O/c1-11-7-9-13(10-8-11)18-17(20)16-12(2)14-5-3-4-6-15(14)19-16/h3-10,19H,1-2H3,(H,18,20). The molecule has 0 saturated heterocycles. The summed E-state index contributed by atoms with van der Waals surface area (Å²) >= 11 is 0. The number of carbonyl (C=O) groups is 1. The monoisotopic (exact) mass is 264 g/mol. The zero-order valence-corrected chi connectivity index (χ0v) is 11.5. The number of H-pyrrole nitrogens is 1. The van der Waals surface area contributed by atoms with Crippen molar-refractivity contribution in [2.75, 3.05) is 5.32 Å². The van der Waals surface area contributed by atoms with Crippen LogP contribution in [0, 0.1) is 13.8 Å². The van der Waals surface area contributed by atoms with E-state index in [0.717, 1.165) is 22.2 Å². The highest BCUT2D eigenvalue weighted by Gasteiger charge is 2.14. The zero-order valence-electron chi connectivity index (χ0n) is 11.5. The molecular formula is C17H16N2O. The first kappa shape index (κ1) is 12.5. The van der Waals surface area contributed by atoms with E-state index in [1.54, 1.807) is 0 Å². The molecule has 1 amide bonds. The number of fused-ring (bicyclic) bond motifs is 1. The molecule has 0 aliphatic carbocycles. The van der Waals surface area contributed by atoms with E-state index < -0.39 is 0 Å². The molecule has 3 rings (SSSR count). The molecule has 0 radical (unpaired) electrons. The molecule has 0 atom stereocenters. The van der Waals surface area contributed by atoms with Crippen LogP contribution in [0.15, 0.2) is 48.5 Å². The van der Waals surface area contributed by atoms with Crippen LogP contribution >= 0.6 is 0 Å². The van der Waals surface area contributed by atoms with Gasteiger partial charge in [-0.15, -0.1) is 0 Å². The van der Waals surface area contributed by atoms with Crippen molar-refractivity contribution >= 4 is 22.5 Å². The predicted molar refractivity (Wildman–Crippen MR) is 82.2 cm³/mol. The van der Waals surface area contributed by atoms with Crippen molar-refractivity contribution in [3.8, 4) is 0 Å². The van der Waals surface area contributed by atoms with Crippen LogP contribution in [0.3, 0.4) is 0 Å². The minimum absolute atomic E-state index is 0.109. The second kappa shape index (κ2) is 4.85. The Bertz CT molecular complexity index is 769. The molecule has 3 heteroatoms. The second-order valence-electron chi connectivity index (χ2n) is 4.99. The number of hydrogen-bond acceptors (Lipinski definition) is 1. The van der Waals surface area contributed by atoms with E-state index in [4.69, 9.17) is 0 Å². The van der Waals surface area contributed by atoms with E-state index in [-0.39, 0.29) is 5.91 Å². The minimum Gasteiger partial charge on any atom is -0.350 e. The Labute approximate surface area is 117 Å². The molecule has 3 aromatic rings. The summed E-state index contributed by atoms with van der Waals surface area (Å²) in [6, 6.07) is 15.7. The Morgan fingerprint density at radius 3 is 2.40 bits per heavy atom. The lowest BCUT2D eigenvalue weighted by Gasteiger charge is -2.05. The Kier molecular flexibility index (Phi) is 3.03. The van der Waals surface area contributed by atoms with E-state index in [1.165, 1.54) is 5.56 Å². The van der Waals surface area contributed by atoms with Gasteiger partial charge in [0.15, 0.2) is 0 Å². The van der Waals surface area contributed by atoms with Gasteiger partial charge in [0.2, 0.25) is 0 Å². The normalized spacial score (nSPS) is 10.7. The maximum atomic E-state index is 12.3. The molecule has 2 N–H and O–H groups in total. The number of nitrogens with one attached hydrogen (secondary N) is 2. The molecule has 0 spiro atoms. The number of hydrogen-bond donors (Lipinski definition) is 2. The summed E-state index contributed by atoms with van der Waals surface area (Å²) < 4.78 is 0. The van der Waals surface area contributed by atoms with Crippen LogP contribution in [0.5, 0.6) is 0 Å². The second-order valence-corrected chi connectivity index (χ2v) is 4.99. The van der Waals surface area contributed by atoms with E-state index in [9.17, 15) is 4.79 Å². The molecule has 20 heavy (non-hydrogen) atoms. The number of para-hydroxylation sites is 1. The molecule has 1 heterocycles. The van der Waals surface area contributed by atoms with Crippen LogP contribution in [0.2, 0.25) is 0 Å². The van der Waals surface area contributed by atoms with Gasteiger partial charge < -0.3 is 10.3 Å². The average molecular weight is 264 g/mol. The first-order valence-corrected chi connectivity index (χ1v) is 6.60. The van der Waals surface area contributed by atoms with Crippen molar-refractivity contribution in [1.82, 2.24) is 4.98 Å². The Hall–Kier alpha value is -2.55. The van der Waals surface area contributed by atoms with Gasteiger partial charge in [0.05, 0.1) is 0 Å². The average Bonchev–Trinajstić information content (AvgIpc) is 2.79. The Morgan fingerprint density at radius 2 is 1.70 bits per heavy atom. The molecule has 0 saturated carbocycles. The van der Waals surface area contributed by atoms with Gasteiger partial charge in [-0.05, 0) is 37.6 Å². The van der Waals surface area contributed by atoms with Crippen LogP contribution in [0.1, 0.15) is 21.6 Å². The van der Waals surface area contributed by atoms with Gasteiger partial charge in [0.25, 0.3) is 5.91 Å². The Morgan fingerprint density at radius 1 is 1.00 bits per heavy atom. The number of aromatic amines is 1. The minimum atomic E-state index is -0.109. The summed E-state index contributed by atoms with van der Waals surface area (Å²) in [6.07, 6.45) is 0. The van der Waals surface area contributed by atoms with Gasteiger partial charge in [0.1, 0.15) is 5.69 Å². The molecule has 3 nitrogen and oxygen atoms in total. The topological polar surface area (TPSA) is 44.9 Å². The highest BCUT2D eigenvalue weighted by atomic mass is 16.1. The molecule has 2 aromatic carbocycles. The fourth-order valence-electron chi connectivity index (χ4n) is 2.34. The summed E-state index contributed by atoms with van der Waals surface area (Å²) in [5.41, 5.74) is 4.56. The van der Waals surface area contributed by atoms with Gasteiger partial charge in [-0.1, -0.05) is 35.9 Å². The van der Waals surface area contributed by atoms with Crippen molar-refractivity contribution < 1.29 is 4.79 Å². The third-order valence-electron chi connectivity index (χ3n) is 3.50. The van der Waals surface area contributed by atoms with Crippen LogP contribution < -0.4 is 5.32 Å². The number of aryl methyl sites for hydroxylation is 2. The molecule has 0 bridgehead atoms. The summed E-state index contributed by atoms with van der Waals surface area (Å²) in [5, 5.41) is 4.00. The number of rotatable bonds is 2. The number of amides is 1. The molecule has 0 fully saturated rings. The van der Waals surface area contributed by atoms with Gasteiger partial charge >= 0.3 is 0 Å². The smallest absolute Gasteiger partial charge is 0.272 e. The van der Waals surface area contributed by atoms with Crippen LogP contribution in [-0.2, 0) is 0 Å². The molecule has 0 unspecified atom stereocenters. The van der Waals surface area contributed by atoms with Crippen molar-refractivity contribution in [2.45, 2.75) is 13.8 Å². The predicted octanol–water partition coefficient (Wildman–Crippen LogP) is 4.04. The van der Waals surface area contributed by atoms with Crippen molar-refractivity contribution in [3.63, 3.8) is 0 Å². The van der Waals surface area contributed by atoms with Gasteiger partial charge in [-0.2, -0.15) is 0 Å². The molecule has 0 aliphatic heterocycles. The lowest BCUT2D eigenvalue weighted by Crippen LogP contribution is -2.13. The van der Waals surface area contributed by atoms with Gasteiger partial charge in [0, 0.05) is 16.6 Å². The zero-order chi connectivity index (χ0) is 14.1. The number of aromatic nitrogens is 1.